The Morgan fingerprint density at radius 3 is 2.79 bits per heavy atom. The molecule has 1 rings (SSSR count). The summed E-state index contributed by atoms with van der Waals surface area (Å²) in [6.07, 6.45) is 0. The molecule has 0 aromatic heterocycles. The van der Waals surface area contributed by atoms with Gasteiger partial charge in [-0.1, -0.05) is 6.07 Å². The zero-order chi connectivity index (χ0) is 10.6. The molecule has 0 amide bonds. The highest BCUT2D eigenvalue weighted by atomic mass is 32.2. The molecule has 6 heteroatoms. The molecule has 0 bridgehead atoms. The Labute approximate surface area is 81.0 Å². The Morgan fingerprint density at radius 2 is 2.21 bits per heavy atom. The van der Waals surface area contributed by atoms with Gasteiger partial charge in [-0.25, -0.2) is 12.8 Å². The van der Waals surface area contributed by atoms with Gasteiger partial charge >= 0.3 is 0 Å². The van der Waals surface area contributed by atoms with Crippen molar-refractivity contribution in [2.75, 3.05) is 6.54 Å². The van der Waals surface area contributed by atoms with Crippen molar-refractivity contribution >= 4 is 10.0 Å². The van der Waals surface area contributed by atoms with Gasteiger partial charge in [-0.05, 0) is 18.2 Å². The molecule has 1 aromatic carbocycles. The second kappa shape index (κ2) is 4.17. The molecule has 1 aromatic rings. The molecular weight excluding hydrogens is 207 g/mol. The van der Waals surface area contributed by atoms with Gasteiger partial charge in [-0.15, -0.1) is 0 Å². The molecule has 74 valence electrons. The van der Waals surface area contributed by atoms with E-state index in [1.54, 1.807) is 6.07 Å². The van der Waals surface area contributed by atoms with E-state index in [-0.39, 0.29) is 11.4 Å². The normalized spacial score (nSPS) is 10.9. The molecule has 14 heavy (non-hydrogen) atoms. The summed E-state index contributed by atoms with van der Waals surface area (Å²) < 4.78 is 37.3. The highest BCUT2D eigenvalue weighted by molar-refractivity contribution is 7.89. The van der Waals surface area contributed by atoms with Crippen LogP contribution in [0.2, 0.25) is 0 Å². The second-order valence-electron chi connectivity index (χ2n) is 2.44. The van der Waals surface area contributed by atoms with E-state index in [4.69, 9.17) is 5.26 Å². The van der Waals surface area contributed by atoms with Crippen molar-refractivity contribution in [3.05, 3.63) is 30.1 Å². The third-order valence-corrected chi connectivity index (χ3v) is 2.85. The fourth-order valence-corrected chi connectivity index (χ4v) is 1.79. The largest absolute Gasteiger partial charge is 0.241 e. The van der Waals surface area contributed by atoms with E-state index in [0.717, 1.165) is 12.1 Å². The number of nitriles is 1. The molecule has 1 N–H and O–H groups in total. The summed E-state index contributed by atoms with van der Waals surface area (Å²) in [5.74, 6) is -0.634. The topological polar surface area (TPSA) is 70.0 Å². The second-order valence-corrected chi connectivity index (χ2v) is 4.21. The van der Waals surface area contributed by atoms with Crippen LogP contribution in [0.15, 0.2) is 29.2 Å². The molecule has 4 nitrogen and oxygen atoms in total. The van der Waals surface area contributed by atoms with Crippen LogP contribution >= 0.6 is 0 Å². The van der Waals surface area contributed by atoms with Gasteiger partial charge in [-0.2, -0.15) is 9.98 Å². The monoisotopic (exact) mass is 214 g/mol. The highest BCUT2D eigenvalue weighted by Gasteiger charge is 2.13. The summed E-state index contributed by atoms with van der Waals surface area (Å²) >= 11 is 0. The van der Waals surface area contributed by atoms with Crippen LogP contribution in [-0.4, -0.2) is 15.0 Å². The summed E-state index contributed by atoms with van der Waals surface area (Å²) in [7, 11) is -3.76. The van der Waals surface area contributed by atoms with Crippen molar-refractivity contribution in [2.24, 2.45) is 0 Å². The first-order chi connectivity index (χ1) is 6.56. The van der Waals surface area contributed by atoms with Gasteiger partial charge in [0.1, 0.15) is 5.82 Å². The SMILES string of the molecule is N#CCNS(=O)(=O)c1cccc(F)c1. The summed E-state index contributed by atoms with van der Waals surface area (Å²) in [5.41, 5.74) is 0. The minimum atomic E-state index is -3.76. The van der Waals surface area contributed by atoms with E-state index in [1.165, 1.54) is 12.1 Å². The molecule has 0 fully saturated rings. The molecule has 0 saturated heterocycles. The van der Waals surface area contributed by atoms with Crippen molar-refractivity contribution in [3.8, 4) is 6.07 Å². The van der Waals surface area contributed by atoms with Gasteiger partial charge in [0.2, 0.25) is 10.0 Å². The third-order valence-electron chi connectivity index (χ3n) is 1.45. The highest BCUT2D eigenvalue weighted by Crippen LogP contribution is 2.09. The number of rotatable bonds is 3. The van der Waals surface area contributed by atoms with Crippen molar-refractivity contribution in [3.63, 3.8) is 0 Å². The van der Waals surface area contributed by atoms with Gasteiger partial charge in [0.05, 0.1) is 17.5 Å². The van der Waals surface area contributed by atoms with Crippen molar-refractivity contribution in [2.45, 2.75) is 4.90 Å². The summed E-state index contributed by atoms with van der Waals surface area (Å²) in [6, 6.07) is 6.20. The number of sulfonamides is 1. The summed E-state index contributed by atoms with van der Waals surface area (Å²) in [5, 5.41) is 8.18. The van der Waals surface area contributed by atoms with E-state index < -0.39 is 15.8 Å². The molecule has 0 radical (unpaired) electrons. The number of hydrogen-bond acceptors (Lipinski definition) is 3. The van der Waals surface area contributed by atoms with E-state index in [1.807, 2.05) is 4.72 Å². The molecule has 0 atom stereocenters. The lowest BCUT2D eigenvalue weighted by Gasteiger charge is -2.02. The first kappa shape index (κ1) is 10.6. The van der Waals surface area contributed by atoms with Gasteiger partial charge < -0.3 is 0 Å². The van der Waals surface area contributed by atoms with E-state index in [2.05, 4.69) is 0 Å². The Hall–Kier alpha value is -1.45. The maximum Gasteiger partial charge on any atom is 0.241 e. The molecule has 0 saturated carbocycles. The van der Waals surface area contributed by atoms with E-state index in [0.29, 0.717) is 0 Å². The van der Waals surface area contributed by atoms with Crippen LogP contribution in [0, 0.1) is 17.1 Å². The predicted octanol–water partition coefficient (Wildman–Crippen LogP) is 0.628. The lowest BCUT2D eigenvalue weighted by Crippen LogP contribution is -2.23. The molecule has 0 spiro atoms. The number of benzene rings is 1. The van der Waals surface area contributed by atoms with Gasteiger partial charge in [0, 0.05) is 0 Å². The molecular formula is C8H7FN2O2S. The van der Waals surface area contributed by atoms with Gasteiger partial charge in [0.25, 0.3) is 0 Å². The number of nitrogens with zero attached hydrogens (tertiary/aromatic N) is 1. The average molecular weight is 214 g/mol. The smallest absolute Gasteiger partial charge is 0.207 e. The first-order valence-corrected chi connectivity index (χ1v) is 5.17. The van der Waals surface area contributed by atoms with Crippen molar-refractivity contribution in [1.82, 2.24) is 4.72 Å². The minimum Gasteiger partial charge on any atom is -0.207 e. The fraction of sp³-hybridized carbons (Fsp3) is 0.125. The lowest BCUT2D eigenvalue weighted by atomic mass is 10.4. The van der Waals surface area contributed by atoms with Crippen molar-refractivity contribution in [1.29, 1.82) is 5.26 Å². The zero-order valence-corrected chi connectivity index (χ0v) is 7.88. The molecule has 0 unspecified atom stereocenters. The molecule has 0 heterocycles. The molecule has 0 aliphatic heterocycles. The minimum absolute atomic E-state index is 0.187. The summed E-state index contributed by atoms with van der Waals surface area (Å²) in [6.45, 7) is -0.334. The maximum atomic E-state index is 12.7. The number of halogens is 1. The van der Waals surface area contributed by atoms with Crippen LogP contribution in [0.5, 0.6) is 0 Å². The third kappa shape index (κ3) is 2.52. The maximum absolute atomic E-state index is 12.7. The van der Waals surface area contributed by atoms with E-state index in [9.17, 15) is 12.8 Å². The Bertz CT molecular complexity index is 464. The van der Waals surface area contributed by atoms with Crippen LogP contribution in [-0.2, 0) is 10.0 Å². The zero-order valence-electron chi connectivity index (χ0n) is 7.07. The fourth-order valence-electron chi connectivity index (χ4n) is 0.845. The number of hydrogen-bond donors (Lipinski definition) is 1. The van der Waals surface area contributed by atoms with Crippen molar-refractivity contribution < 1.29 is 12.8 Å². The Balaban J connectivity index is 3.00. The van der Waals surface area contributed by atoms with Crippen LogP contribution in [0.3, 0.4) is 0 Å². The van der Waals surface area contributed by atoms with Gasteiger partial charge in [-0.3, -0.25) is 0 Å². The standard InChI is InChI=1S/C8H7FN2O2S/c9-7-2-1-3-8(6-7)14(12,13)11-5-4-10/h1-3,6,11H,5H2. The Morgan fingerprint density at radius 1 is 1.50 bits per heavy atom. The molecule has 0 aliphatic carbocycles. The van der Waals surface area contributed by atoms with Crippen LogP contribution in [0.25, 0.3) is 0 Å². The first-order valence-electron chi connectivity index (χ1n) is 3.68. The molecule has 0 aliphatic rings. The van der Waals surface area contributed by atoms with E-state index >= 15 is 0 Å². The lowest BCUT2D eigenvalue weighted by molar-refractivity contribution is 0.581. The van der Waals surface area contributed by atoms with Crippen LogP contribution in [0.1, 0.15) is 0 Å². The van der Waals surface area contributed by atoms with Crippen LogP contribution < -0.4 is 4.72 Å². The summed E-state index contributed by atoms with van der Waals surface area (Å²) in [4.78, 5) is -0.187. The van der Waals surface area contributed by atoms with Crippen LogP contribution in [0.4, 0.5) is 4.39 Å². The van der Waals surface area contributed by atoms with Gasteiger partial charge in [0.15, 0.2) is 0 Å². The number of nitrogens with one attached hydrogen (secondary N) is 1. The Kier molecular flexibility index (Phi) is 3.17. The average Bonchev–Trinajstić information content (AvgIpc) is 2.15. The predicted molar refractivity (Wildman–Crippen MR) is 47.2 cm³/mol. The quantitative estimate of drug-likeness (QED) is 0.750.